The molecule has 0 aliphatic carbocycles. The van der Waals surface area contributed by atoms with Crippen molar-refractivity contribution in [3.63, 3.8) is 0 Å². The van der Waals surface area contributed by atoms with Crippen molar-refractivity contribution in [1.29, 1.82) is 0 Å². The molecule has 0 aliphatic rings. The molecule has 0 radical (unpaired) electrons. The predicted molar refractivity (Wildman–Crippen MR) is 105 cm³/mol. The van der Waals surface area contributed by atoms with Gasteiger partial charge in [0.05, 0.1) is 4.90 Å². The fourth-order valence-electron chi connectivity index (χ4n) is 2.46. The van der Waals surface area contributed by atoms with Gasteiger partial charge in [-0.15, -0.1) is 0 Å². The van der Waals surface area contributed by atoms with E-state index in [1.54, 1.807) is 0 Å². The van der Waals surface area contributed by atoms with Gasteiger partial charge in [0.15, 0.2) is 6.61 Å². The van der Waals surface area contributed by atoms with Gasteiger partial charge in [-0.3, -0.25) is 20.4 Å². The van der Waals surface area contributed by atoms with E-state index < -0.39 is 39.5 Å². The summed E-state index contributed by atoms with van der Waals surface area (Å²) in [5.41, 5.74) is 5.67. The van der Waals surface area contributed by atoms with E-state index in [-0.39, 0.29) is 12.2 Å². The van der Waals surface area contributed by atoms with Crippen LogP contribution < -0.4 is 20.3 Å². The lowest BCUT2D eigenvalue weighted by molar-refractivity contribution is -0.124. The number of ether oxygens (including phenoxy) is 1. The molecule has 0 fully saturated rings. The Bertz CT molecular complexity index is 1050. The molecule has 12 heteroatoms. The maximum absolute atomic E-state index is 12.3. The third kappa shape index (κ3) is 7.26. The lowest BCUT2D eigenvalue weighted by Crippen LogP contribution is -2.44. The molecule has 168 valence electrons. The number of carbonyl (C=O) groups excluding carboxylic acids is 2. The number of hydrazine groups is 1. The highest BCUT2D eigenvalue weighted by Gasteiger charge is 2.30. The summed E-state index contributed by atoms with van der Waals surface area (Å²) in [4.78, 5) is 23.5. The quantitative estimate of drug-likeness (QED) is 0.548. The molecule has 0 aliphatic heterocycles. The first-order valence-electron chi connectivity index (χ1n) is 8.84. The second-order valence-electron chi connectivity index (χ2n) is 6.48. The van der Waals surface area contributed by atoms with Gasteiger partial charge in [0, 0.05) is 5.56 Å². The minimum absolute atomic E-state index is 0.189. The smallest absolute Gasteiger partial charge is 0.402 e. The fourth-order valence-corrected chi connectivity index (χ4v) is 3.52. The minimum atomic E-state index is -4.73. The molecule has 0 bridgehead atoms. The van der Waals surface area contributed by atoms with Crippen LogP contribution in [0.2, 0.25) is 0 Å². The Hall–Kier alpha value is -3.12. The van der Waals surface area contributed by atoms with Crippen molar-refractivity contribution >= 4 is 21.8 Å². The molecule has 2 aromatic carbocycles. The SMILES string of the molecule is Cc1cccc(C)c1OCC(=O)NNC(=O)c1cccc(S(=O)(=O)NCC(F)(F)F)c1. The Morgan fingerprint density at radius 1 is 1.00 bits per heavy atom. The number of hydrogen-bond donors (Lipinski definition) is 3. The number of rotatable bonds is 7. The molecule has 0 saturated carbocycles. The van der Waals surface area contributed by atoms with Crippen LogP contribution in [0.1, 0.15) is 21.5 Å². The van der Waals surface area contributed by atoms with Crippen molar-refractivity contribution in [2.45, 2.75) is 24.9 Å². The zero-order chi connectivity index (χ0) is 23.2. The summed E-state index contributed by atoms with van der Waals surface area (Å²) in [5.74, 6) is -1.01. The Morgan fingerprint density at radius 2 is 1.61 bits per heavy atom. The molecule has 2 amide bonds. The van der Waals surface area contributed by atoms with E-state index in [0.29, 0.717) is 5.75 Å². The molecule has 0 saturated heterocycles. The standard InChI is InChI=1S/C19H20F3N3O5S/c1-12-5-3-6-13(2)17(12)30-10-16(26)24-25-18(27)14-7-4-8-15(9-14)31(28,29)23-11-19(20,21)22/h3-9,23H,10-11H2,1-2H3,(H,24,26)(H,25,27). The second kappa shape index (κ2) is 9.79. The van der Waals surface area contributed by atoms with E-state index in [2.05, 4.69) is 10.9 Å². The van der Waals surface area contributed by atoms with Gasteiger partial charge >= 0.3 is 6.18 Å². The molecule has 0 heterocycles. The van der Waals surface area contributed by atoms with Crippen LogP contribution in [0.5, 0.6) is 5.75 Å². The lowest BCUT2D eigenvalue weighted by Gasteiger charge is -2.13. The van der Waals surface area contributed by atoms with Gasteiger partial charge in [-0.25, -0.2) is 13.1 Å². The number of sulfonamides is 1. The second-order valence-corrected chi connectivity index (χ2v) is 8.25. The predicted octanol–water partition coefficient (Wildman–Crippen LogP) is 1.98. The number of benzene rings is 2. The highest BCUT2D eigenvalue weighted by atomic mass is 32.2. The minimum Gasteiger partial charge on any atom is -0.483 e. The first-order valence-corrected chi connectivity index (χ1v) is 10.3. The van der Waals surface area contributed by atoms with Crippen LogP contribution in [0, 0.1) is 13.8 Å². The van der Waals surface area contributed by atoms with Crippen LogP contribution in [-0.2, 0) is 14.8 Å². The van der Waals surface area contributed by atoms with Crippen LogP contribution in [0.3, 0.4) is 0 Å². The summed E-state index contributed by atoms with van der Waals surface area (Å²) >= 11 is 0. The molecule has 8 nitrogen and oxygen atoms in total. The fraction of sp³-hybridized carbons (Fsp3) is 0.263. The Balaban J connectivity index is 1.95. The third-order valence-electron chi connectivity index (χ3n) is 3.94. The summed E-state index contributed by atoms with van der Waals surface area (Å²) in [6, 6.07) is 9.80. The van der Waals surface area contributed by atoms with E-state index in [0.717, 1.165) is 23.3 Å². The average molecular weight is 459 g/mol. The number of carbonyl (C=O) groups is 2. The van der Waals surface area contributed by atoms with E-state index >= 15 is 0 Å². The van der Waals surface area contributed by atoms with Crippen molar-refractivity contribution in [3.05, 3.63) is 59.2 Å². The third-order valence-corrected chi connectivity index (χ3v) is 5.34. The Kier molecular flexibility index (Phi) is 7.63. The maximum atomic E-state index is 12.3. The van der Waals surface area contributed by atoms with E-state index in [4.69, 9.17) is 4.74 Å². The number of hydrogen-bond acceptors (Lipinski definition) is 5. The van der Waals surface area contributed by atoms with Gasteiger partial charge < -0.3 is 4.74 Å². The zero-order valence-corrected chi connectivity index (χ0v) is 17.4. The van der Waals surface area contributed by atoms with Gasteiger partial charge in [0.1, 0.15) is 12.3 Å². The average Bonchev–Trinajstić information content (AvgIpc) is 2.70. The van der Waals surface area contributed by atoms with Crippen molar-refractivity contribution < 1.29 is 35.9 Å². The Labute approximate surface area is 176 Å². The molecule has 2 aromatic rings. The number of aryl methyl sites for hydroxylation is 2. The zero-order valence-electron chi connectivity index (χ0n) is 16.5. The first kappa shape index (κ1) is 24.2. The van der Waals surface area contributed by atoms with Gasteiger partial charge in [-0.05, 0) is 43.2 Å². The van der Waals surface area contributed by atoms with E-state index in [1.807, 2.05) is 32.0 Å². The van der Waals surface area contributed by atoms with Gasteiger partial charge in [0.25, 0.3) is 11.8 Å². The number of nitrogens with one attached hydrogen (secondary N) is 3. The summed E-state index contributed by atoms with van der Waals surface area (Å²) in [5, 5.41) is 0. The molecule has 31 heavy (non-hydrogen) atoms. The number of para-hydroxylation sites is 1. The van der Waals surface area contributed by atoms with Crippen LogP contribution in [0.15, 0.2) is 47.4 Å². The molecule has 0 aromatic heterocycles. The summed E-state index contributed by atoms with van der Waals surface area (Å²) < 4.78 is 67.6. The van der Waals surface area contributed by atoms with Crippen molar-refractivity contribution in [1.82, 2.24) is 15.6 Å². The number of amides is 2. The number of halogens is 3. The highest BCUT2D eigenvalue weighted by Crippen LogP contribution is 2.22. The van der Waals surface area contributed by atoms with Gasteiger partial charge in [0.2, 0.25) is 10.0 Å². The largest absolute Gasteiger partial charge is 0.483 e. The maximum Gasteiger partial charge on any atom is 0.402 e. The summed E-state index contributed by atoms with van der Waals surface area (Å²) in [6.07, 6.45) is -4.73. The molecule has 3 N–H and O–H groups in total. The van der Waals surface area contributed by atoms with Crippen molar-refractivity contribution in [2.75, 3.05) is 13.2 Å². The van der Waals surface area contributed by atoms with Crippen LogP contribution in [-0.4, -0.2) is 39.6 Å². The molecule has 2 rings (SSSR count). The monoisotopic (exact) mass is 459 g/mol. The van der Waals surface area contributed by atoms with E-state index in [9.17, 15) is 31.2 Å². The first-order chi connectivity index (χ1) is 14.4. The van der Waals surface area contributed by atoms with Crippen molar-refractivity contribution in [3.8, 4) is 5.75 Å². The highest BCUT2D eigenvalue weighted by molar-refractivity contribution is 7.89. The molecule has 0 spiro atoms. The Morgan fingerprint density at radius 3 is 2.23 bits per heavy atom. The molecule has 0 unspecified atom stereocenters. The van der Waals surface area contributed by atoms with Crippen LogP contribution in [0.4, 0.5) is 13.2 Å². The molecule has 0 atom stereocenters. The van der Waals surface area contributed by atoms with Gasteiger partial charge in [-0.2, -0.15) is 13.2 Å². The van der Waals surface area contributed by atoms with Crippen molar-refractivity contribution in [2.24, 2.45) is 0 Å². The lowest BCUT2D eigenvalue weighted by atomic mass is 10.1. The van der Waals surface area contributed by atoms with Crippen LogP contribution in [0.25, 0.3) is 0 Å². The van der Waals surface area contributed by atoms with E-state index in [1.165, 1.54) is 16.9 Å². The topological polar surface area (TPSA) is 114 Å². The summed E-state index contributed by atoms with van der Waals surface area (Å²) in [7, 11) is -4.49. The molecular weight excluding hydrogens is 439 g/mol. The van der Waals surface area contributed by atoms with Crippen LogP contribution >= 0.6 is 0 Å². The summed E-state index contributed by atoms with van der Waals surface area (Å²) in [6.45, 7) is 1.49. The normalized spacial score (nSPS) is 11.6. The molecular formula is C19H20F3N3O5S. The van der Waals surface area contributed by atoms with Gasteiger partial charge in [-0.1, -0.05) is 24.3 Å². The number of alkyl halides is 3.